The van der Waals surface area contributed by atoms with Crippen molar-refractivity contribution in [1.82, 2.24) is 24.3 Å². The third-order valence-corrected chi connectivity index (χ3v) is 10.5. The molecule has 10 heteroatoms. The lowest BCUT2D eigenvalue weighted by molar-refractivity contribution is -0.141. The van der Waals surface area contributed by atoms with E-state index in [1.54, 1.807) is 23.0 Å². The van der Waals surface area contributed by atoms with Gasteiger partial charge in [-0.15, -0.1) is 0 Å². The molecule has 4 heterocycles. The van der Waals surface area contributed by atoms with E-state index in [-0.39, 0.29) is 46.5 Å². The molecule has 9 nitrogen and oxygen atoms in total. The fraction of sp³-hybridized carbons (Fsp3) is 0.808. The highest BCUT2D eigenvalue weighted by Gasteiger charge is 2.46. The number of fused-ring (bicyclic) bond motifs is 4. The van der Waals surface area contributed by atoms with Gasteiger partial charge in [0.1, 0.15) is 4.90 Å². The molecule has 3 saturated heterocycles. The normalized spacial score (nSPS) is 31.3. The Morgan fingerprint density at radius 3 is 2.53 bits per heavy atom. The highest BCUT2D eigenvalue weighted by atomic mass is 32.2. The molecule has 0 aliphatic carbocycles. The van der Waals surface area contributed by atoms with E-state index < -0.39 is 10.0 Å². The highest BCUT2D eigenvalue weighted by Crippen LogP contribution is 2.38. The number of sulfonamides is 1. The Kier molecular flexibility index (Phi) is 8.14. The maximum Gasteiger partial charge on any atom is 0.246 e. The molecule has 3 fully saturated rings. The Balaban J connectivity index is 1.55. The van der Waals surface area contributed by atoms with Gasteiger partial charge in [-0.1, -0.05) is 20.8 Å². The number of amides is 2. The van der Waals surface area contributed by atoms with Crippen molar-refractivity contribution in [2.24, 2.45) is 30.7 Å². The number of nitrogens with one attached hydrogen (secondary N) is 1. The lowest BCUT2D eigenvalue weighted by atomic mass is 9.78. The number of hydrogen-bond acceptors (Lipinski definition) is 5. The number of carbonyl (C=O) groups excluding carboxylic acids is 2. The van der Waals surface area contributed by atoms with E-state index in [1.807, 2.05) is 4.90 Å². The predicted octanol–water partition coefficient (Wildman–Crippen LogP) is 2.70. The maximum atomic E-state index is 13.5. The quantitative estimate of drug-likeness (QED) is 0.659. The molecule has 1 aromatic heterocycles. The first-order valence-electron chi connectivity index (χ1n) is 13.5. The van der Waals surface area contributed by atoms with Crippen LogP contribution in [0.5, 0.6) is 0 Å². The molecule has 0 unspecified atom stereocenters. The van der Waals surface area contributed by atoms with Crippen molar-refractivity contribution in [1.29, 1.82) is 0 Å². The highest BCUT2D eigenvalue weighted by molar-refractivity contribution is 7.89. The van der Waals surface area contributed by atoms with Gasteiger partial charge in [0.05, 0.1) is 11.9 Å². The minimum absolute atomic E-state index is 0.0385. The molecule has 3 aliphatic rings. The number of rotatable bonds is 3. The fourth-order valence-corrected chi connectivity index (χ4v) is 8.09. The largest absolute Gasteiger partial charge is 0.353 e. The van der Waals surface area contributed by atoms with Gasteiger partial charge >= 0.3 is 0 Å². The second kappa shape index (κ2) is 10.8. The first-order chi connectivity index (χ1) is 17.0. The van der Waals surface area contributed by atoms with Crippen molar-refractivity contribution in [3.8, 4) is 0 Å². The van der Waals surface area contributed by atoms with E-state index in [1.165, 1.54) is 6.20 Å². The van der Waals surface area contributed by atoms with Gasteiger partial charge in [0.25, 0.3) is 0 Å². The smallest absolute Gasteiger partial charge is 0.246 e. The topological polar surface area (TPSA) is 105 Å². The van der Waals surface area contributed by atoms with Gasteiger partial charge in [-0.2, -0.15) is 9.40 Å². The first kappa shape index (κ1) is 27.1. The minimum atomic E-state index is -3.66. The van der Waals surface area contributed by atoms with Gasteiger partial charge in [-0.05, 0) is 62.7 Å². The van der Waals surface area contributed by atoms with Crippen LogP contribution < -0.4 is 5.32 Å². The molecule has 2 amide bonds. The summed E-state index contributed by atoms with van der Waals surface area (Å²) in [6, 6.07) is 0.0932. The molecule has 0 spiro atoms. The molecule has 0 aromatic carbocycles. The van der Waals surface area contributed by atoms with Crippen LogP contribution >= 0.6 is 0 Å². The predicted molar refractivity (Wildman–Crippen MR) is 137 cm³/mol. The van der Waals surface area contributed by atoms with Crippen molar-refractivity contribution >= 4 is 21.8 Å². The van der Waals surface area contributed by atoms with Gasteiger partial charge in [0.2, 0.25) is 21.8 Å². The van der Waals surface area contributed by atoms with Gasteiger partial charge in [0.15, 0.2) is 0 Å². The summed E-state index contributed by atoms with van der Waals surface area (Å²) in [6.45, 7) is 9.58. The first-order valence-corrected chi connectivity index (χ1v) is 15.0. The van der Waals surface area contributed by atoms with E-state index in [0.29, 0.717) is 50.5 Å². The van der Waals surface area contributed by atoms with Crippen molar-refractivity contribution < 1.29 is 18.0 Å². The summed E-state index contributed by atoms with van der Waals surface area (Å²) in [5.74, 6) is 1.04. The molecule has 202 valence electrons. The van der Waals surface area contributed by atoms with Gasteiger partial charge in [-0.3, -0.25) is 14.3 Å². The molecule has 36 heavy (non-hydrogen) atoms. The second-order valence-electron chi connectivity index (χ2n) is 11.7. The van der Waals surface area contributed by atoms with E-state index in [9.17, 15) is 18.0 Å². The third-order valence-electron chi connectivity index (χ3n) is 8.61. The zero-order chi connectivity index (χ0) is 26.2. The summed E-state index contributed by atoms with van der Waals surface area (Å²) in [5.41, 5.74) is 0.629. The Hall–Kier alpha value is -1.94. The lowest BCUT2D eigenvalue weighted by Crippen LogP contribution is -2.60. The molecule has 1 aromatic rings. The van der Waals surface area contributed by atoms with Crippen molar-refractivity contribution in [2.75, 3.05) is 19.6 Å². The average Bonchev–Trinajstić information content (AvgIpc) is 3.15. The summed E-state index contributed by atoms with van der Waals surface area (Å²) in [4.78, 5) is 28.5. The monoisotopic (exact) mass is 521 g/mol. The molecular formula is C26H43N5O4S. The molecule has 0 saturated carbocycles. The van der Waals surface area contributed by atoms with Crippen molar-refractivity contribution in [2.45, 2.75) is 89.6 Å². The summed E-state index contributed by atoms with van der Waals surface area (Å²) >= 11 is 0. The van der Waals surface area contributed by atoms with Crippen LogP contribution in [-0.4, -0.2) is 70.9 Å². The number of nitrogens with zero attached hydrogens (tertiary/aromatic N) is 4. The van der Waals surface area contributed by atoms with Crippen molar-refractivity contribution in [3.63, 3.8) is 0 Å². The van der Waals surface area contributed by atoms with Gasteiger partial charge < -0.3 is 10.2 Å². The SMILES string of the molecule is Cc1c(S(=O)(=O)N2C[C@@H]3C[C@@H](C2)[C@@H]2CCCC(=O)N[C@H](C(C)C)CC[C@@H](C)CC(=O)N2C3)cnn1C. The summed E-state index contributed by atoms with van der Waals surface area (Å²) < 4.78 is 30.3. The number of aryl methyl sites for hydroxylation is 1. The lowest BCUT2D eigenvalue weighted by Gasteiger charge is -2.50. The Labute approximate surface area is 216 Å². The van der Waals surface area contributed by atoms with Gasteiger partial charge in [-0.25, -0.2) is 8.42 Å². The third kappa shape index (κ3) is 5.64. The van der Waals surface area contributed by atoms with Crippen LogP contribution in [-0.2, 0) is 26.7 Å². The summed E-state index contributed by atoms with van der Waals surface area (Å²) in [5, 5.41) is 7.36. The number of carbonyl (C=O) groups is 2. The van der Waals surface area contributed by atoms with E-state index in [2.05, 4.69) is 31.2 Å². The molecule has 0 radical (unpaired) electrons. The zero-order valence-corrected chi connectivity index (χ0v) is 23.3. The van der Waals surface area contributed by atoms with Crippen LogP contribution in [0.4, 0.5) is 0 Å². The van der Waals surface area contributed by atoms with Crippen LogP contribution in [0.2, 0.25) is 0 Å². The fourth-order valence-electron chi connectivity index (χ4n) is 6.33. The van der Waals surface area contributed by atoms with E-state index in [0.717, 1.165) is 25.7 Å². The Morgan fingerprint density at radius 2 is 1.86 bits per heavy atom. The van der Waals surface area contributed by atoms with E-state index in [4.69, 9.17) is 0 Å². The standard InChI is InChI=1S/C26H43N5O4S/c1-17(2)22-10-9-18(3)11-26(33)31-15-20-12-21(23(31)7-6-8-25(32)28-22)16-30(14-20)36(34,35)24-13-27-29(5)19(24)4/h13,17-18,20-23H,6-12,14-16H2,1-5H3,(H,28,32)/t18-,20+,21+,22+,23+/m1/s1. The van der Waals surface area contributed by atoms with Crippen LogP contribution in [0.25, 0.3) is 0 Å². The van der Waals surface area contributed by atoms with Crippen molar-refractivity contribution in [3.05, 3.63) is 11.9 Å². The van der Waals surface area contributed by atoms with Crippen LogP contribution in [0.3, 0.4) is 0 Å². The van der Waals surface area contributed by atoms with Crippen LogP contribution in [0.15, 0.2) is 11.1 Å². The minimum Gasteiger partial charge on any atom is -0.353 e. The maximum absolute atomic E-state index is 13.5. The van der Waals surface area contributed by atoms with E-state index >= 15 is 0 Å². The van der Waals surface area contributed by atoms with Crippen LogP contribution in [0, 0.1) is 30.6 Å². The molecule has 2 bridgehead atoms. The molecule has 1 N–H and O–H groups in total. The summed E-state index contributed by atoms with van der Waals surface area (Å²) in [6.07, 6.45) is 6.49. The Morgan fingerprint density at radius 1 is 1.11 bits per heavy atom. The molecule has 3 aliphatic heterocycles. The molecule has 5 atom stereocenters. The average molecular weight is 522 g/mol. The van der Waals surface area contributed by atoms with Gasteiger partial charge in [0, 0.05) is 51.6 Å². The number of hydrogen-bond donors (Lipinski definition) is 1. The number of aromatic nitrogens is 2. The Bertz CT molecular complexity index is 1070. The molecule has 4 rings (SSSR count). The second-order valence-corrected chi connectivity index (χ2v) is 13.6. The summed E-state index contributed by atoms with van der Waals surface area (Å²) in [7, 11) is -1.91. The van der Waals surface area contributed by atoms with Crippen LogP contribution in [0.1, 0.15) is 71.4 Å². The molecular weight excluding hydrogens is 478 g/mol. The zero-order valence-electron chi connectivity index (χ0n) is 22.4. The number of piperidine rings is 2.